The summed E-state index contributed by atoms with van der Waals surface area (Å²) in [5.74, 6) is 0. The third kappa shape index (κ3) is 2.19. The second kappa shape index (κ2) is 5.53. The van der Waals surface area contributed by atoms with Crippen molar-refractivity contribution in [2.24, 2.45) is 0 Å². The maximum atomic E-state index is 9.09. The Kier molecular flexibility index (Phi) is 4.07. The van der Waals surface area contributed by atoms with Crippen molar-refractivity contribution in [3.63, 3.8) is 0 Å². The smallest absolute Gasteiger partial charge is 0.101 e. The van der Waals surface area contributed by atoms with Gasteiger partial charge in [-0.2, -0.15) is 10.5 Å². The van der Waals surface area contributed by atoms with Gasteiger partial charge in [0.15, 0.2) is 0 Å². The van der Waals surface area contributed by atoms with Crippen molar-refractivity contribution in [3.05, 3.63) is 59.7 Å². The molecule has 0 aliphatic heterocycles. The summed E-state index contributed by atoms with van der Waals surface area (Å²) >= 11 is 0. The minimum atomic E-state index is 0.423. The Hall–Kier alpha value is -2.32. The molecule has 0 aliphatic rings. The molecule has 0 aliphatic carbocycles. The minimum Gasteiger partial charge on any atom is -0.192 e. The Balaban J connectivity index is 3.45. The van der Waals surface area contributed by atoms with Gasteiger partial charge in [-0.05, 0) is 30.0 Å². The van der Waals surface area contributed by atoms with Crippen LogP contribution in [0.2, 0.25) is 0 Å². The second-order valence-electron chi connectivity index (χ2n) is 3.34. The first kappa shape index (κ1) is 11.8. The molecular weight excluding hydrogens is 196 g/mol. The Morgan fingerprint density at radius 3 is 2.25 bits per heavy atom. The quantitative estimate of drug-likeness (QED) is 0.714. The molecule has 78 valence electrons. The first-order chi connectivity index (χ1) is 7.78. The van der Waals surface area contributed by atoms with Crippen LogP contribution < -0.4 is 0 Å². The second-order valence-corrected chi connectivity index (χ2v) is 3.34. The number of nitrogens with zero attached hydrogens (tertiary/aromatic N) is 2. The predicted molar refractivity (Wildman–Crippen MR) is 63.7 cm³/mol. The number of nitriles is 2. The molecule has 0 bridgehead atoms. The Labute approximate surface area is 95.8 Å². The summed E-state index contributed by atoms with van der Waals surface area (Å²) in [7, 11) is 0. The van der Waals surface area contributed by atoms with Crippen LogP contribution in [-0.2, 0) is 12.8 Å². The SMILES string of the molecule is C=CCc1ccc(C#N)c(C#N)c1CC=C. The van der Waals surface area contributed by atoms with Crippen molar-refractivity contribution in [3.8, 4) is 12.1 Å². The van der Waals surface area contributed by atoms with E-state index in [1.54, 1.807) is 18.2 Å². The number of hydrogen-bond acceptors (Lipinski definition) is 2. The molecule has 0 saturated heterocycles. The molecule has 0 aromatic heterocycles. The third-order valence-electron chi connectivity index (χ3n) is 2.35. The van der Waals surface area contributed by atoms with Gasteiger partial charge in [0.25, 0.3) is 0 Å². The van der Waals surface area contributed by atoms with Gasteiger partial charge in [-0.3, -0.25) is 0 Å². The van der Waals surface area contributed by atoms with E-state index in [1.807, 2.05) is 12.1 Å². The number of benzene rings is 1. The Morgan fingerprint density at radius 2 is 1.75 bits per heavy atom. The molecule has 16 heavy (non-hydrogen) atoms. The zero-order chi connectivity index (χ0) is 12.0. The molecule has 0 radical (unpaired) electrons. The van der Waals surface area contributed by atoms with Crippen molar-refractivity contribution in [1.29, 1.82) is 10.5 Å². The van der Waals surface area contributed by atoms with E-state index in [9.17, 15) is 0 Å². The zero-order valence-corrected chi connectivity index (χ0v) is 9.03. The molecule has 1 aromatic carbocycles. The molecule has 0 unspecified atom stereocenters. The molecule has 1 rings (SSSR count). The van der Waals surface area contributed by atoms with Crippen LogP contribution in [0.1, 0.15) is 22.3 Å². The van der Waals surface area contributed by atoms with Crippen LogP contribution in [0.3, 0.4) is 0 Å². The van der Waals surface area contributed by atoms with E-state index in [1.165, 1.54) is 0 Å². The normalized spacial score (nSPS) is 8.88. The largest absolute Gasteiger partial charge is 0.192 e. The summed E-state index contributed by atoms with van der Waals surface area (Å²) in [6, 6.07) is 7.69. The summed E-state index contributed by atoms with van der Waals surface area (Å²) in [6.07, 6.45) is 4.82. The van der Waals surface area contributed by atoms with Crippen LogP contribution in [0.4, 0.5) is 0 Å². The van der Waals surface area contributed by atoms with Crippen molar-refractivity contribution < 1.29 is 0 Å². The summed E-state index contributed by atoms with van der Waals surface area (Å²) in [4.78, 5) is 0. The number of rotatable bonds is 4. The van der Waals surface area contributed by atoms with Crippen LogP contribution in [0, 0.1) is 22.7 Å². The average molecular weight is 208 g/mol. The fourth-order valence-corrected chi connectivity index (χ4v) is 1.64. The molecule has 0 N–H and O–H groups in total. The minimum absolute atomic E-state index is 0.423. The molecule has 2 heteroatoms. The van der Waals surface area contributed by atoms with Gasteiger partial charge in [-0.15, -0.1) is 13.2 Å². The van der Waals surface area contributed by atoms with Crippen LogP contribution in [0.5, 0.6) is 0 Å². The van der Waals surface area contributed by atoms with E-state index in [0.29, 0.717) is 24.0 Å². The number of hydrogen-bond donors (Lipinski definition) is 0. The number of allylic oxidation sites excluding steroid dienone is 2. The van der Waals surface area contributed by atoms with E-state index in [4.69, 9.17) is 10.5 Å². The lowest BCUT2D eigenvalue weighted by Gasteiger charge is -2.09. The first-order valence-electron chi connectivity index (χ1n) is 4.95. The van der Waals surface area contributed by atoms with Crippen molar-refractivity contribution >= 4 is 0 Å². The van der Waals surface area contributed by atoms with Crippen molar-refractivity contribution in [2.45, 2.75) is 12.8 Å². The standard InChI is InChI=1S/C14H12N2/c1-3-5-11-7-8-12(9-15)14(10-16)13(11)6-4-2/h3-4,7-8H,1-2,5-6H2. The van der Waals surface area contributed by atoms with E-state index >= 15 is 0 Å². The molecule has 1 aromatic rings. The van der Waals surface area contributed by atoms with E-state index in [2.05, 4.69) is 19.2 Å². The lowest BCUT2D eigenvalue weighted by Crippen LogP contribution is -1.99. The zero-order valence-electron chi connectivity index (χ0n) is 9.03. The van der Waals surface area contributed by atoms with Gasteiger partial charge in [0.05, 0.1) is 11.1 Å². The van der Waals surface area contributed by atoms with Crippen molar-refractivity contribution in [2.75, 3.05) is 0 Å². The van der Waals surface area contributed by atoms with Crippen molar-refractivity contribution in [1.82, 2.24) is 0 Å². The molecule has 0 spiro atoms. The van der Waals surface area contributed by atoms with E-state index in [0.717, 1.165) is 11.1 Å². The monoisotopic (exact) mass is 208 g/mol. The van der Waals surface area contributed by atoms with Gasteiger partial charge >= 0.3 is 0 Å². The summed E-state index contributed by atoms with van der Waals surface area (Å²) in [5, 5.41) is 18.0. The van der Waals surface area contributed by atoms with Gasteiger partial charge in [0.1, 0.15) is 12.1 Å². The van der Waals surface area contributed by atoms with Crippen LogP contribution in [0.25, 0.3) is 0 Å². The summed E-state index contributed by atoms with van der Waals surface area (Å²) < 4.78 is 0. The molecule has 0 heterocycles. The highest BCUT2D eigenvalue weighted by atomic mass is 14.3. The molecule has 2 nitrogen and oxygen atoms in total. The maximum Gasteiger partial charge on any atom is 0.101 e. The predicted octanol–water partition coefficient (Wildman–Crippen LogP) is 2.89. The molecule has 0 atom stereocenters. The molecule has 0 fully saturated rings. The highest BCUT2D eigenvalue weighted by Crippen LogP contribution is 2.20. The van der Waals surface area contributed by atoms with E-state index in [-0.39, 0.29) is 0 Å². The lowest BCUT2D eigenvalue weighted by atomic mass is 9.93. The topological polar surface area (TPSA) is 47.6 Å². The van der Waals surface area contributed by atoms with Crippen LogP contribution >= 0.6 is 0 Å². The van der Waals surface area contributed by atoms with Crippen LogP contribution in [0.15, 0.2) is 37.4 Å². The third-order valence-corrected chi connectivity index (χ3v) is 2.35. The highest BCUT2D eigenvalue weighted by Gasteiger charge is 2.10. The average Bonchev–Trinajstić information content (AvgIpc) is 2.31. The fraction of sp³-hybridized carbons (Fsp3) is 0.143. The molecule has 0 amide bonds. The lowest BCUT2D eigenvalue weighted by molar-refractivity contribution is 1.13. The maximum absolute atomic E-state index is 9.09. The highest BCUT2D eigenvalue weighted by molar-refractivity contribution is 5.54. The Bertz CT molecular complexity index is 499. The Morgan fingerprint density at radius 1 is 1.06 bits per heavy atom. The van der Waals surface area contributed by atoms with E-state index < -0.39 is 0 Å². The van der Waals surface area contributed by atoms with Gasteiger partial charge < -0.3 is 0 Å². The molecular formula is C14H12N2. The van der Waals surface area contributed by atoms with Crippen LogP contribution in [-0.4, -0.2) is 0 Å². The summed E-state index contributed by atoms with van der Waals surface area (Å²) in [6.45, 7) is 7.35. The van der Waals surface area contributed by atoms with Gasteiger partial charge in [0, 0.05) is 0 Å². The van der Waals surface area contributed by atoms with Gasteiger partial charge in [-0.1, -0.05) is 18.2 Å². The van der Waals surface area contributed by atoms with Gasteiger partial charge in [-0.25, -0.2) is 0 Å². The fourth-order valence-electron chi connectivity index (χ4n) is 1.64. The van der Waals surface area contributed by atoms with Gasteiger partial charge in [0.2, 0.25) is 0 Å². The first-order valence-corrected chi connectivity index (χ1v) is 4.95. The molecule has 0 saturated carbocycles. The summed E-state index contributed by atoms with van der Waals surface area (Å²) in [5.41, 5.74) is 2.80.